The van der Waals surface area contributed by atoms with Crippen molar-refractivity contribution in [1.29, 1.82) is 0 Å². The van der Waals surface area contributed by atoms with E-state index < -0.39 is 5.97 Å². The number of halogens is 1. The number of carboxylic acids is 1. The first-order valence-corrected chi connectivity index (χ1v) is 10.1. The van der Waals surface area contributed by atoms with Crippen LogP contribution in [0.15, 0.2) is 66.9 Å². The highest BCUT2D eigenvalue weighted by molar-refractivity contribution is 6.34. The lowest BCUT2D eigenvalue weighted by Crippen LogP contribution is -1.99. The van der Waals surface area contributed by atoms with Gasteiger partial charge in [-0.1, -0.05) is 29.8 Å². The van der Waals surface area contributed by atoms with Crippen LogP contribution in [0.1, 0.15) is 5.56 Å². The van der Waals surface area contributed by atoms with Crippen molar-refractivity contribution in [3.05, 3.63) is 77.4 Å². The van der Waals surface area contributed by atoms with Crippen LogP contribution < -0.4 is 4.74 Å². The van der Waals surface area contributed by atoms with Gasteiger partial charge in [0.15, 0.2) is 0 Å². The van der Waals surface area contributed by atoms with Crippen molar-refractivity contribution in [2.75, 3.05) is 0 Å². The van der Waals surface area contributed by atoms with Gasteiger partial charge in [0, 0.05) is 29.7 Å². The van der Waals surface area contributed by atoms with Crippen LogP contribution in [-0.2, 0) is 18.3 Å². The van der Waals surface area contributed by atoms with Gasteiger partial charge in [0.2, 0.25) is 0 Å². The average Bonchev–Trinajstić information content (AvgIpc) is 3.30. The first-order chi connectivity index (χ1) is 15.0. The third-order valence-electron chi connectivity index (χ3n) is 5.24. The van der Waals surface area contributed by atoms with Crippen molar-refractivity contribution in [3.63, 3.8) is 0 Å². The van der Waals surface area contributed by atoms with Crippen LogP contribution >= 0.6 is 11.6 Å². The van der Waals surface area contributed by atoms with E-state index in [0.29, 0.717) is 22.3 Å². The fourth-order valence-corrected chi connectivity index (χ4v) is 3.96. The van der Waals surface area contributed by atoms with Gasteiger partial charge in [-0.2, -0.15) is 4.98 Å². The van der Waals surface area contributed by atoms with E-state index in [-0.39, 0.29) is 6.42 Å². The van der Waals surface area contributed by atoms with E-state index in [1.807, 2.05) is 25.4 Å². The molecule has 154 valence electrons. The Balaban J connectivity index is 1.45. The SMILES string of the molecule is Cn1ccc2cc(-c3cc4nc(Oc5ccc(CC(=O)O)cc5)[nH]c4cc3Cl)ccc21. The van der Waals surface area contributed by atoms with Gasteiger partial charge in [-0.3, -0.25) is 4.79 Å². The molecular formula is C24H18ClN3O3. The number of rotatable bonds is 5. The molecule has 0 aliphatic carbocycles. The third kappa shape index (κ3) is 3.73. The smallest absolute Gasteiger partial charge is 0.307 e. The first kappa shape index (κ1) is 19.2. The fraction of sp³-hybridized carbons (Fsp3) is 0.0833. The molecule has 0 amide bonds. The molecule has 0 unspecified atom stereocenters. The van der Waals surface area contributed by atoms with Gasteiger partial charge in [0.25, 0.3) is 6.01 Å². The Morgan fingerprint density at radius 1 is 1.13 bits per heavy atom. The summed E-state index contributed by atoms with van der Waals surface area (Å²) in [5.41, 5.74) is 5.29. The molecule has 31 heavy (non-hydrogen) atoms. The molecule has 5 rings (SSSR count). The van der Waals surface area contributed by atoms with Crippen molar-refractivity contribution in [2.24, 2.45) is 7.05 Å². The van der Waals surface area contributed by atoms with Crippen molar-refractivity contribution < 1.29 is 14.6 Å². The molecule has 5 aromatic rings. The number of carbonyl (C=O) groups is 1. The van der Waals surface area contributed by atoms with Crippen LogP contribution in [-0.4, -0.2) is 25.6 Å². The number of nitrogens with zero attached hydrogens (tertiary/aromatic N) is 2. The summed E-state index contributed by atoms with van der Waals surface area (Å²) in [6.07, 6.45) is 2.01. The first-order valence-electron chi connectivity index (χ1n) is 9.69. The third-order valence-corrected chi connectivity index (χ3v) is 5.55. The normalized spacial score (nSPS) is 11.3. The highest BCUT2D eigenvalue weighted by Crippen LogP contribution is 2.34. The average molecular weight is 432 g/mol. The van der Waals surface area contributed by atoms with E-state index in [2.05, 4.69) is 38.8 Å². The Hall–Kier alpha value is -3.77. The monoisotopic (exact) mass is 431 g/mol. The second kappa shape index (κ2) is 7.49. The molecule has 2 heterocycles. The summed E-state index contributed by atoms with van der Waals surface area (Å²) in [7, 11) is 2.02. The molecule has 6 nitrogen and oxygen atoms in total. The summed E-state index contributed by atoms with van der Waals surface area (Å²) in [6, 6.07) is 19.3. The zero-order valence-corrected chi connectivity index (χ0v) is 17.3. The highest BCUT2D eigenvalue weighted by atomic mass is 35.5. The molecule has 0 aliphatic rings. The largest absolute Gasteiger partial charge is 0.481 e. The predicted octanol–water partition coefficient (Wildman–Crippen LogP) is 5.79. The summed E-state index contributed by atoms with van der Waals surface area (Å²) < 4.78 is 7.89. The van der Waals surface area contributed by atoms with E-state index in [0.717, 1.165) is 33.1 Å². The van der Waals surface area contributed by atoms with E-state index in [1.165, 1.54) is 0 Å². The second-order valence-corrected chi connectivity index (χ2v) is 7.82. The molecule has 0 aliphatic heterocycles. The zero-order chi connectivity index (χ0) is 21.5. The molecule has 3 aromatic carbocycles. The standard InChI is InChI=1S/C24H18ClN3O3/c1-28-9-8-16-11-15(4-7-22(16)28)18-12-20-21(13-19(18)25)27-24(26-20)31-17-5-2-14(3-6-17)10-23(29)30/h2-9,11-13H,10H2,1H3,(H,26,27)(H,29,30). The van der Waals surface area contributed by atoms with Gasteiger partial charge < -0.3 is 19.4 Å². The quantitative estimate of drug-likeness (QED) is 0.369. The molecule has 2 N–H and O–H groups in total. The lowest BCUT2D eigenvalue weighted by atomic mass is 10.0. The van der Waals surface area contributed by atoms with Crippen LogP contribution in [0, 0.1) is 0 Å². The number of aliphatic carboxylic acids is 1. The zero-order valence-electron chi connectivity index (χ0n) is 16.6. The summed E-state index contributed by atoms with van der Waals surface area (Å²) in [5.74, 6) is -0.306. The maximum Gasteiger partial charge on any atom is 0.307 e. The summed E-state index contributed by atoms with van der Waals surface area (Å²) in [5, 5.41) is 10.6. The number of H-pyrrole nitrogens is 1. The number of ether oxygens (including phenoxy) is 1. The predicted molar refractivity (Wildman–Crippen MR) is 121 cm³/mol. The lowest BCUT2D eigenvalue weighted by molar-refractivity contribution is -0.136. The summed E-state index contributed by atoms with van der Waals surface area (Å²) in [6.45, 7) is 0. The molecule has 0 atom stereocenters. The van der Waals surface area contributed by atoms with Gasteiger partial charge in [-0.25, -0.2) is 0 Å². The number of hydrogen-bond acceptors (Lipinski definition) is 3. The molecule has 0 radical (unpaired) electrons. The van der Waals surface area contributed by atoms with Crippen LogP contribution in [0.4, 0.5) is 0 Å². The van der Waals surface area contributed by atoms with Gasteiger partial charge >= 0.3 is 5.97 Å². The van der Waals surface area contributed by atoms with Crippen LogP contribution in [0.3, 0.4) is 0 Å². The highest BCUT2D eigenvalue weighted by Gasteiger charge is 2.12. The second-order valence-electron chi connectivity index (χ2n) is 7.41. The number of aromatic amines is 1. The Morgan fingerprint density at radius 3 is 2.71 bits per heavy atom. The Labute approximate surface area is 182 Å². The fourth-order valence-electron chi connectivity index (χ4n) is 3.69. The van der Waals surface area contributed by atoms with Crippen molar-refractivity contribution >= 4 is 39.5 Å². The number of nitrogens with one attached hydrogen (secondary N) is 1. The molecule has 0 saturated carbocycles. The number of carboxylic acid groups (broad SMARTS) is 1. The molecule has 2 aromatic heterocycles. The number of hydrogen-bond donors (Lipinski definition) is 2. The van der Waals surface area contributed by atoms with Gasteiger partial charge in [-0.05, 0) is 53.6 Å². The van der Waals surface area contributed by atoms with E-state index in [9.17, 15) is 4.79 Å². The minimum atomic E-state index is -0.870. The van der Waals surface area contributed by atoms with E-state index in [1.54, 1.807) is 24.3 Å². The van der Waals surface area contributed by atoms with Crippen LogP contribution in [0.25, 0.3) is 33.1 Å². The molecule has 7 heteroatoms. The summed E-state index contributed by atoms with van der Waals surface area (Å²) in [4.78, 5) is 18.5. The Kier molecular flexibility index (Phi) is 4.64. The van der Waals surface area contributed by atoms with Crippen molar-refractivity contribution in [2.45, 2.75) is 6.42 Å². The number of benzene rings is 3. The lowest BCUT2D eigenvalue weighted by Gasteiger charge is -2.06. The van der Waals surface area contributed by atoms with Gasteiger partial charge in [0.1, 0.15) is 5.75 Å². The number of aryl methyl sites for hydroxylation is 1. The molecule has 0 saturated heterocycles. The van der Waals surface area contributed by atoms with Crippen molar-refractivity contribution in [1.82, 2.24) is 14.5 Å². The topological polar surface area (TPSA) is 80.1 Å². The van der Waals surface area contributed by atoms with Crippen molar-refractivity contribution in [3.8, 4) is 22.9 Å². The van der Waals surface area contributed by atoms with E-state index in [4.69, 9.17) is 21.4 Å². The molecule has 0 bridgehead atoms. The van der Waals surface area contributed by atoms with Crippen LogP contribution in [0.5, 0.6) is 11.8 Å². The Bertz CT molecular complexity index is 1430. The molecule has 0 fully saturated rings. The number of imidazole rings is 1. The van der Waals surface area contributed by atoms with Gasteiger partial charge in [-0.15, -0.1) is 0 Å². The number of aromatic nitrogens is 3. The maximum atomic E-state index is 10.8. The van der Waals surface area contributed by atoms with E-state index >= 15 is 0 Å². The van der Waals surface area contributed by atoms with Gasteiger partial charge in [0.05, 0.1) is 22.5 Å². The van der Waals surface area contributed by atoms with Crippen LogP contribution in [0.2, 0.25) is 5.02 Å². The minimum Gasteiger partial charge on any atom is -0.481 e. The maximum absolute atomic E-state index is 10.8. The minimum absolute atomic E-state index is 0.0268. The molecule has 0 spiro atoms. The Morgan fingerprint density at radius 2 is 1.94 bits per heavy atom. The molecular weight excluding hydrogens is 414 g/mol. The summed E-state index contributed by atoms with van der Waals surface area (Å²) >= 11 is 6.58. The number of fused-ring (bicyclic) bond motifs is 2.